The average molecular weight is 288 g/mol. The van der Waals surface area contributed by atoms with E-state index in [-0.39, 0.29) is 6.04 Å². The molecule has 1 aliphatic heterocycles. The van der Waals surface area contributed by atoms with Crippen molar-refractivity contribution in [2.75, 3.05) is 18.6 Å². The number of nitrogens with zero attached hydrogens (tertiary/aromatic N) is 1. The summed E-state index contributed by atoms with van der Waals surface area (Å²) < 4.78 is 5.56. The van der Waals surface area contributed by atoms with Crippen LogP contribution in [0, 0.1) is 5.92 Å². The van der Waals surface area contributed by atoms with Crippen LogP contribution in [0.15, 0.2) is 18.2 Å². The molecule has 1 saturated carbocycles. The molecule has 1 heterocycles. The zero-order valence-corrected chi connectivity index (χ0v) is 13.3. The molecule has 1 saturated heterocycles. The first kappa shape index (κ1) is 14.7. The van der Waals surface area contributed by atoms with Gasteiger partial charge in [0.25, 0.3) is 0 Å². The predicted molar refractivity (Wildman–Crippen MR) is 87.9 cm³/mol. The van der Waals surface area contributed by atoms with Crippen LogP contribution >= 0.6 is 0 Å². The molecule has 1 aliphatic carbocycles. The Labute approximate surface area is 128 Å². The lowest BCUT2D eigenvalue weighted by Crippen LogP contribution is -2.35. The maximum atomic E-state index is 6.25. The van der Waals surface area contributed by atoms with Crippen molar-refractivity contribution in [1.29, 1.82) is 0 Å². The molecule has 1 unspecified atom stereocenters. The molecule has 2 atom stereocenters. The van der Waals surface area contributed by atoms with Crippen molar-refractivity contribution < 1.29 is 4.74 Å². The Morgan fingerprint density at radius 2 is 1.95 bits per heavy atom. The van der Waals surface area contributed by atoms with Crippen molar-refractivity contribution in [2.24, 2.45) is 11.7 Å². The molecule has 3 heteroatoms. The molecular weight excluding hydrogens is 260 g/mol. The summed E-state index contributed by atoms with van der Waals surface area (Å²) in [5.74, 6) is 1.80. The summed E-state index contributed by atoms with van der Waals surface area (Å²) in [7, 11) is 1.74. The van der Waals surface area contributed by atoms with Crippen LogP contribution in [-0.4, -0.2) is 19.7 Å². The van der Waals surface area contributed by atoms with Gasteiger partial charge in [0.05, 0.1) is 7.11 Å². The maximum absolute atomic E-state index is 6.25. The van der Waals surface area contributed by atoms with Gasteiger partial charge in [0, 0.05) is 29.9 Å². The third kappa shape index (κ3) is 2.76. The van der Waals surface area contributed by atoms with Crippen molar-refractivity contribution in [3.05, 3.63) is 23.8 Å². The lowest BCUT2D eigenvalue weighted by Gasteiger charge is -2.34. The van der Waals surface area contributed by atoms with Crippen molar-refractivity contribution in [1.82, 2.24) is 0 Å². The second-order valence-corrected chi connectivity index (χ2v) is 6.63. The molecule has 0 aromatic heterocycles. The largest absolute Gasteiger partial charge is 0.496 e. The summed E-state index contributed by atoms with van der Waals surface area (Å²) in [5, 5.41) is 0. The Morgan fingerprint density at radius 3 is 2.62 bits per heavy atom. The third-order valence-corrected chi connectivity index (χ3v) is 5.27. The Hall–Kier alpha value is -1.22. The second kappa shape index (κ2) is 6.27. The topological polar surface area (TPSA) is 38.5 Å². The smallest absolute Gasteiger partial charge is 0.125 e. The van der Waals surface area contributed by atoms with Gasteiger partial charge >= 0.3 is 0 Å². The van der Waals surface area contributed by atoms with Crippen molar-refractivity contribution in [2.45, 2.75) is 57.5 Å². The van der Waals surface area contributed by atoms with E-state index in [9.17, 15) is 0 Å². The molecule has 21 heavy (non-hydrogen) atoms. The van der Waals surface area contributed by atoms with Gasteiger partial charge in [0.15, 0.2) is 0 Å². The normalized spacial score (nSPS) is 24.5. The maximum Gasteiger partial charge on any atom is 0.125 e. The molecule has 0 bridgehead atoms. The molecule has 2 fully saturated rings. The molecule has 1 aromatic carbocycles. The molecule has 0 radical (unpaired) electrons. The van der Waals surface area contributed by atoms with E-state index in [2.05, 4.69) is 24.0 Å². The highest BCUT2D eigenvalue weighted by Gasteiger charge is 2.34. The SMILES string of the molecule is COc1cccc(N2CCCC2C2CCCC2)c1[C@@H](C)N. The first-order valence-corrected chi connectivity index (χ1v) is 8.41. The second-order valence-electron chi connectivity index (χ2n) is 6.63. The number of ether oxygens (including phenoxy) is 1. The summed E-state index contributed by atoms with van der Waals surface area (Å²) in [5.41, 5.74) is 8.73. The van der Waals surface area contributed by atoms with Gasteiger partial charge in [-0.15, -0.1) is 0 Å². The molecule has 3 rings (SSSR count). The first-order chi connectivity index (χ1) is 10.2. The Morgan fingerprint density at radius 1 is 1.19 bits per heavy atom. The van der Waals surface area contributed by atoms with E-state index >= 15 is 0 Å². The zero-order valence-electron chi connectivity index (χ0n) is 13.3. The van der Waals surface area contributed by atoms with Crippen LogP contribution in [0.4, 0.5) is 5.69 Å². The predicted octanol–water partition coefficient (Wildman–Crippen LogP) is 3.87. The summed E-state index contributed by atoms with van der Waals surface area (Å²) in [6.07, 6.45) is 8.26. The highest BCUT2D eigenvalue weighted by Crippen LogP contribution is 2.41. The fraction of sp³-hybridized carbons (Fsp3) is 0.667. The Balaban J connectivity index is 1.94. The summed E-state index contributed by atoms with van der Waals surface area (Å²) in [6, 6.07) is 7.07. The summed E-state index contributed by atoms with van der Waals surface area (Å²) >= 11 is 0. The van der Waals surface area contributed by atoms with Crippen LogP contribution in [-0.2, 0) is 0 Å². The van der Waals surface area contributed by atoms with Crippen LogP contribution in [0.25, 0.3) is 0 Å². The number of benzene rings is 1. The van der Waals surface area contributed by atoms with E-state index in [1.807, 2.05) is 6.07 Å². The van der Waals surface area contributed by atoms with Gasteiger partial charge in [0.1, 0.15) is 5.75 Å². The van der Waals surface area contributed by atoms with Gasteiger partial charge in [-0.3, -0.25) is 0 Å². The molecule has 3 nitrogen and oxygen atoms in total. The fourth-order valence-electron chi connectivity index (χ4n) is 4.34. The minimum atomic E-state index is 0.000906. The standard InChI is InChI=1S/C18H28N2O/c1-13(19)18-16(9-5-11-17(18)21-2)20-12-6-10-15(20)14-7-3-4-8-14/h5,9,11,13-15H,3-4,6-8,10,12,19H2,1-2H3/t13-,15?/m1/s1. The van der Waals surface area contributed by atoms with E-state index in [0.717, 1.165) is 18.2 Å². The molecule has 0 amide bonds. The van der Waals surface area contributed by atoms with Gasteiger partial charge in [-0.05, 0) is 50.7 Å². The van der Waals surface area contributed by atoms with Crippen LogP contribution in [0.1, 0.15) is 57.1 Å². The molecule has 2 N–H and O–H groups in total. The lowest BCUT2D eigenvalue weighted by atomic mass is 9.94. The van der Waals surface area contributed by atoms with E-state index in [4.69, 9.17) is 10.5 Å². The number of nitrogens with two attached hydrogens (primary N) is 1. The summed E-state index contributed by atoms with van der Waals surface area (Å²) in [4.78, 5) is 2.62. The van der Waals surface area contributed by atoms with E-state index in [1.54, 1.807) is 7.11 Å². The van der Waals surface area contributed by atoms with Crippen LogP contribution in [0.2, 0.25) is 0 Å². The molecule has 116 valence electrons. The number of hydrogen-bond acceptors (Lipinski definition) is 3. The Kier molecular flexibility index (Phi) is 4.39. The van der Waals surface area contributed by atoms with Gasteiger partial charge in [-0.1, -0.05) is 18.9 Å². The number of methoxy groups -OCH3 is 1. The highest BCUT2D eigenvalue weighted by molar-refractivity contribution is 5.62. The number of rotatable bonds is 4. The monoisotopic (exact) mass is 288 g/mol. The van der Waals surface area contributed by atoms with Crippen molar-refractivity contribution >= 4 is 5.69 Å². The van der Waals surface area contributed by atoms with Gasteiger partial charge in [0.2, 0.25) is 0 Å². The van der Waals surface area contributed by atoms with Gasteiger partial charge in [-0.25, -0.2) is 0 Å². The van der Waals surface area contributed by atoms with E-state index in [0.29, 0.717) is 6.04 Å². The third-order valence-electron chi connectivity index (χ3n) is 5.27. The van der Waals surface area contributed by atoms with Crippen molar-refractivity contribution in [3.8, 4) is 5.75 Å². The van der Waals surface area contributed by atoms with Crippen LogP contribution < -0.4 is 15.4 Å². The van der Waals surface area contributed by atoms with Crippen molar-refractivity contribution in [3.63, 3.8) is 0 Å². The summed E-state index contributed by atoms with van der Waals surface area (Å²) in [6.45, 7) is 3.22. The highest BCUT2D eigenvalue weighted by atomic mass is 16.5. The first-order valence-electron chi connectivity index (χ1n) is 8.41. The van der Waals surface area contributed by atoms with Gasteiger partial charge < -0.3 is 15.4 Å². The van der Waals surface area contributed by atoms with E-state index in [1.165, 1.54) is 49.8 Å². The minimum Gasteiger partial charge on any atom is -0.496 e. The van der Waals surface area contributed by atoms with Crippen LogP contribution in [0.5, 0.6) is 5.75 Å². The quantitative estimate of drug-likeness (QED) is 0.914. The number of hydrogen-bond donors (Lipinski definition) is 1. The van der Waals surface area contributed by atoms with Gasteiger partial charge in [-0.2, -0.15) is 0 Å². The molecule has 2 aliphatic rings. The fourth-order valence-corrected chi connectivity index (χ4v) is 4.34. The molecular formula is C18H28N2O. The average Bonchev–Trinajstić information content (AvgIpc) is 3.16. The zero-order chi connectivity index (χ0) is 14.8. The Bertz CT molecular complexity index is 480. The minimum absolute atomic E-state index is 0.000906. The van der Waals surface area contributed by atoms with E-state index < -0.39 is 0 Å². The van der Waals surface area contributed by atoms with Crippen LogP contribution in [0.3, 0.4) is 0 Å². The molecule has 1 aromatic rings. The number of anilines is 1. The molecule has 0 spiro atoms. The lowest BCUT2D eigenvalue weighted by molar-refractivity contribution is 0.404.